The highest BCUT2D eigenvalue weighted by molar-refractivity contribution is 5.75. The van der Waals surface area contributed by atoms with Crippen molar-refractivity contribution in [1.29, 1.82) is 0 Å². The van der Waals surface area contributed by atoms with Crippen LogP contribution in [-0.2, 0) is 14.3 Å². The second-order valence-corrected chi connectivity index (χ2v) is 3.57. The van der Waals surface area contributed by atoms with E-state index in [1.165, 1.54) is 7.11 Å². The van der Waals surface area contributed by atoms with E-state index in [2.05, 4.69) is 11.8 Å². The number of hydrogen-bond donors (Lipinski definition) is 0. The van der Waals surface area contributed by atoms with Gasteiger partial charge in [-0.05, 0) is 13.3 Å². The quantitative estimate of drug-likeness (QED) is 0.629. The van der Waals surface area contributed by atoms with E-state index in [1.807, 2.05) is 6.92 Å². The van der Waals surface area contributed by atoms with Gasteiger partial charge in [-0.1, -0.05) is 6.92 Å². The number of morpholine rings is 1. The largest absolute Gasteiger partial charge is 0.468 e. The van der Waals surface area contributed by atoms with Crippen molar-refractivity contribution in [3.63, 3.8) is 0 Å². The Morgan fingerprint density at radius 1 is 1.71 bits per heavy atom. The lowest BCUT2D eigenvalue weighted by Crippen LogP contribution is -2.52. The molecule has 0 amide bonds. The highest BCUT2D eigenvalue weighted by Crippen LogP contribution is 2.14. The van der Waals surface area contributed by atoms with Gasteiger partial charge in [0.15, 0.2) is 0 Å². The third kappa shape index (κ3) is 2.45. The molecule has 1 aliphatic rings. The highest BCUT2D eigenvalue weighted by Gasteiger charge is 2.30. The van der Waals surface area contributed by atoms with Crippen LogP contribution in [-0.4, -0.2) is 49.8 Å². The first-order valence-electron chi connectivity index (χ1n) is 5.12. The number of nitrogens with zero attached hydrogens (tertiary/aromatic N) is 1. The van der Waals surface area contributed by atoms with Crippen LogP contribution in [0.25, 0.3) is 0 Å². The van der Waals surface area contributed by atoms with Crippen molar-refractivity contribution < 1.29 is 14.3 Å². The average Bonchev–Trinajstić information content (AvgIpc) is 2.26. The maximum Gasteiger partial charge on any atom is 0.322 e. The van der Waals surface area contributed by atoms with E-state index in [0.29, 0.717) is 12.6 Å². The number of hydrogen-bond acceptors (Lipinski definition) is 4. The molecule has 0 aliphatic carbocycles. The monoisotopic (exact) mass is 201 g/mol. The van der Waals surface area contributed by atoms with Crippen LogP contribution in [0.5, 0.6) is 0 Å². The topological polar surface area (TPSA) is 38.8 Å². The first-order valence-corrected chi connectivity index (χ1v) is 5.12. The fraction of sp³-hybridized carbons (Fsp3) is 0.900. The first-order chi connectivity index (χ1) is 6.70. The molecule has 14 heavy (non-hydrogen) atoms. The Morgan fingerprint density at radius 2 is 2.43 bits per heavy atom. The summed E-state index contributed by atoms with van der Waals surface area (Å²) in [6.45, 7) is 6.24. The Balaban J connectivity index is 2.58. The average molecular weight is 201 g/mol. The summed E-state index contributed by atoms with van der Waals surface area (Å²) in [5, 5.41) is 0. The summed E-state index contributed by atoms with van der Waals surface area (Å²) in [4.78, 5) is 13.5. The maximum atomic E-state index is 11.4. The van der Waals surface area contributed by atoms with Crippen molar-refractivity contribution in [3.05, 3.63) is 0 Å². The van der Waals surface area contributed by atoms with Gasteiger partial charge < -0.3 is 9.47 Å². The van der Waals surface area contributed by atoms with Crippen molar-refractivity contribution in [2.24, 2.45) is 0 Å². The number of carbonyl (C=O) groups is 1. The van der Waals surface area contributed by atoms with Gasteiger partial charge in [-0.2, -0.15) is 0 Å². The van der Waals surface area contributed by atoms with E-state index >= 15 is 0 Å². The lowest BCUT2D eigenvalue weighted by Gasteiger charge is -2.37. The predicted molar refractivity (Wildman–Crippen MR) is 53.1 cm³/mol. The van der Waals surface area contributed by atoms with Gasteiger partial charge >= 0.3 is 5.97 Å². The number of esters is 1. The minimum Gasteiger partial charge on any atom is -0.468 e. The van der Waals surface area contributed by atoms with Gasteiger partial charge in [0, 0.05) is 12.6 Å². The molecule has 1 rings (SSSR count). The molecular weight excluding hydrogens is 182 g/mol. The molecule has 4 nitrogen and oxygen atoms in total. The van der Waals surface area contributed by atoms with Gasteiger partial charge in [-0.15, -0.1) is 0 Å². The molecule has 1 aliphatic heterocycles. The van der Waals surface area contributed by atoms with Crippen LogP contribution in [0.4, 0.5) is 0 Å². The lowest BCUT2D eigenvalue weighted by molar-refractivity contribution is -0.150. The molecule has 2 atom stereocenters. The van der Waals surface area contributed by atoms with E-state index in [1.54, 1.807) is 0 Å². The summed E-state index contributed by atoms with van der Waals surface area (Å²) >= 11 is 0. The summed E-state index contributed by atoms with van der Waals surface area (Å²) < 4.78 is 10.1. The second-order valence-electron chi connectivity index (χ2n) is 3.57. The van der Waals surface area contributed by atoms with Crippen molar-refractivity contribution in [1.82, 2.24) is 4.90 Å². The smallest absolute Gasteiger partial charge is 0.322 e. The summed E-state index contributed by atoms with van der Waals surface area (Å²) in [5.74, 6) is -0.162. The zero-order valence-electron chi connectivity index (χ0n) is 9.16. The Morgan fingerprint density at radius 3 is 3.00 bits per heavy atom. The standard InChI is InChI=1S/C10H19NO3/c1-4-9-7-14-6-5-11(9)8(2)10(12)13-3/h8-9H,4-7H2,1-3H3. The van der Waals surface area contributed by atoms with Crippen LogP contribution < -0.4 is 0 Å². The summed E-state index contributed by atoms with van der Waals surface area (Å²) in [6, 6.07) is 0.187. The summed E-state index contributed by atoms with van der Waals surface area (Å²) in [6.07, 6.45) is 1.00. The van der Waals surface area contributed by atoms with E-state index < -0.39 is 0 Å². The second kappa shape index (κ2) is 5.32. The van der Waals surface area contributed by atoms with Gasteiger partial charge in [-0.3, -0.25) is 9.69 Å². The molecule has 82 valence electrons. The zero-order chi connectivity index (χ0) is 10.6. The third-order valence-electron chi connectivity index (χ3n) is 2.78. The van der Waals surface area contributed by atoms with Crippen LogP contribution in [0.15, 0.2) is 0 Å². The fourth-order valence-electron chi connectivity index (χ4n) is 1.84. The molecule has 0 aromatic carbocycles. The minimum absolute atomic E-state index is 0.158. The Hall–Kier alpha value is -0.610. The molecule has 1 heterocycles. The van der Waals surface area contributed by atoms with E-state index in [4.69, 9.17) is 9.47 Å². The first kappa shape index (κ1) is 11.5. The molecule has 0 aromatic heterocycles. The maximum absolute atomic E-state index is 11.4. The van der Waals surface area contributed by atoms with Gasteiger partial charge in [0.1, 0.15) is 6.04 Å². The molecule has 1 fully saturated rings. The minimum atomic E-state index is -0.162. The molecule has 0 saturated carbocycles. The normalized spacial score (nSPS) is 25.8. The van der Waals surface area contributed by atoms with Gasteiger partial charge in [-0.25, -0.2) is 0 Å². The van der Waals surface area contributed by atoms with Crippen LogP contribution in [0, 0.1) is 0 Å². The molecule has 0 aromatic rings. The number of ether oxygens (including phenoxy) is 2. The fourth-order valence-corrected chi connectivity index (χ4v) is 1.84. The number of rotatable bonds is 3. The van der Waals surface area contributed by atoms with Crippen molar-refractivity contribution in [2.75, 3.05) is 26.9 Å². The van der Waals surface area contributed by atoms with Crippen LogP contribution >= 0.6 is 0 Å². The van der Waals surface area contributed by atoms with Crippen molar-refractivity contribution in [2.45, 2.75) is 32.4 Å². The molecule has 0 N–H and O–H groups in total. The zero-order valence-corrected chi connectivity index (χ0v) is 9.16. The third-order valence-corrected chi connectivity index (χ3v) is 2.78. The molecule has 4 heteroatoms. The van der Waals surface area contributed by atoms with Crippen LogP contribution in [0.1, 0.15) is 20.3 Å². The van der Waals surface area contributed by atoms with E-state index in [0.717, 1.165) is 19.6 Å². The predicted octanol–water partition coefficient (Wildman–Crippen LogP) is 0.659. The van der Waals surface area contributed by atoms with Crippen LogP contribution in [0.2, 0.25) is 0 Å². The van der Waals surface area contributed by atoms with Crippen molar-refractivity contribution in [3.8, 4) is 0 Å². The molecule has 2 unspecified atom stereocenters. The molecular formula is C10H19NO3. The SMILES string of the molecule is CCC1COCCN1C(C)C(=O)OC. The lowest BCUT2D eigenvalue weighted by atomic mass is 10.1. The molecule has 0 bridgehead atoms. The Labute approximate surface area is 85.2 Å². The van der Waals surface area contributed by atoms with E-state index in [9.17, 15) is 4.79 Å². The Bertz CT molecular complexity index is 196. The van der Waals surface area contributed by atoms with Crippen molar-refractivity contribution >= 4 is 5.97 Å². The molecule has 0 radical (unpaired) electrons. The summed E-state index contributed by atoms with van der Waals surface area (Å²) in [5.41, 5.74) is 0. The van der Waals surface area contributed by atoms with Gasteiger partial charge in [0.05, 0.1) is 20.3 Å². The van der Waals surface area contributed by atoms with E-state index in [-0.39, 0.29) is 12.0 Å². The molecule has 0 spiro atoms. The van der Waals surface area contributed by atoms with Gasteiger partial charge in [0.2, 0.25) is 0 Å². The number of carbonyl (C=O) groups excluding carboxylic acids is 1. The highest BCUT2D eigenvalue weighted by atomic mass is 16.5. The molecule has 1 saturated heterocycles. The Kier molecular flexibility index (Phi) is 4.35. The van der Waals surface area contributed by atoms with Gasteiger partial charge in [0.25, 0.3) is 0 Å². The number of methoxy groups -OCH3 is 1. The van der Waals surface area contributed by atoms with Crippen LogP contribution in [0.3, 0.4) is 0 Å². The summed E-state index contributed by atoms with van der Waals surface area (Å²) in [7, 11) is 1.43.